The molecule has 19 heteroatoms. The van der Waals surface area contributed by atoms with Crippen molar-refractivity contribution < 1.29 is 59.7 Å². The second-order valence-electron chi connectivity index (χ2n) is 4.64. The van der Waals surface area contributed by atoms with Gasteiger partial charge in [0.25, 0.3) is 0 Å². The van der Waals surface area contributed by atoms with Crippen LogP contribution in [-0.2, 0) is 43.3 Å². The van der Waals surface area contributed by atoms with E-state index in [4.69, 9.17) is 24.1 Å². The minimum atomic E-state index is -4.87. The van der Waals surface area contributed by atoms with Gasteiger partial charge in [-0.3, -0.25) is 0 Å². The van der Waals surface area contributed by atoms with Crippen LogP contribution in [0.25, 0.3) is 0 Å². The van der Waals surface area contributed by atoms with E-state index in [2.05, 4.69) is 0 Å². The predicted molar refractivity (Wildman–Crippen MR) is 77.7 cm³/mol. The van der Waals surface area contributed by atoms with Gasteiger partial charge in [-0.05, 0) is 0 Å². The average molecular weight is 668 g/mol. The molecule has 27 heavy (non-hydrogen) atoms. The fourth-order valence-electron chi connectivity index (χ4n) is 2.35. The first-order chi connectivity index (χ1) is 10.4. The molecule has 2 spiro atoms. The Kier molecular flexibility index (Phi) is 10.9. The first-order valence-electron chi connectivity index (χ1n) is 5.86. The third-order valence-electron chi connectivity index (χ3n) is 3.26. The molecular weight excluding hydrogens is 658 g/mol. The molecule has 4 unspecified atom stereocenters. The van der Waals surface area contributed by atoms with Crippen LogP contribution in [0.3, 0.4) is 0 Å². The Balaban J connectivity index is 0.00000135. The van der Waals surface area contributed by atoms with Crippen molar-refractivity contribution in [2.24, 2.45) is 0 Å². The molecule has 5 aliphatic heterocycles. The molecule has 0 aliphatic carbocycles. The van der Waals surface area contributed by atoms with Gasteiger partial charge >= 0.3 is 133 Å². The van der Waals surface area contributed by atoms with Crippen LogP contribution in [0.5, 0.6) is 0 Å². The van der Waals surface area contributed by atoms with Crippen LogP contribution in [0.2, 0.25) is 0 Å². The summed E-state index contributed by atoms with van der Waals surface area (Å²) >= 11 is -9.74. The van der Waals surface area contributed by atoms with Crippen LogP contribution in [0.1, 0.15) is 0 Å². The maximum Gasteiger partial charge on any atom is 0 e. The molecule has 15 nitrogen and oxygen atoms in total. The first kappa shape index (κ1) is 29.5. The number of hydrogen-bond donors (Lipinski definition) is 0. The molecule has 6 bridgehead atoms. The summed E-state index contributed by atoms with van der Waals surface area (Å²) in [5.74, 6) is -3.86. The summed E-state index contributed by atoms with van der Waals surface area (Å²) in [5, 5.41) is 0. The van der Waals surface area contributed by atoms with Gasteiger partial charge in [-0.25, -0.2) is 0 Å². The van der Waals surface area contributed by atoms with Gasteiger partial charge in [0.05, 0.1) is 0 Å². The molecule has 0 aromatic rings. The summed E-state index contributed by atoms with van der Waals surface area (Å²) < 4.78 is 41.0. The minimum Gasteiger partial charge on any atom is 0 e. The van der Waals surface area contributed by atoms with Gasteiger partial charge in [0.15, 0.2) is 0 Å². The Labute approximate surface area is 246 Å². The van der Waals surface area contributed by atoms with E-state index >= 15 is 0 Å². The second-order valence-corrected chi connectivity index (χ2v) is 14.2. The number of rotatable bonds is 0. The molecule has 0 saturated carbocycles. The number of hydrogen-bond acceptors (Lipinski definition) is 12. The maximum atomic E-state index is 11.9. The molecule has 144 valence electrons. The fraction of sp³-hybridized carbons (Fsp3) is 0.500. The minimum absolute atomic E-state index is 0. The fourth-order valence-corrected chi connectivity index (χ4v) is 13.0. The number of carbonyl (C=O) groups is 4. The Bertz CT molecular complexity index is 560. The van der Waals surface area contributed by atoms with Crippen molar-refractivity contribution in [1.29, 1.82) is 0 Å². The predicted octanol–water partition coefficient (Wildman–Crippen LogP) is -6.60. The summed E-state index contributed by atoms with van der Waals surface area (Å²) in [6, 6.07) is 0. The van der Waals surface area contributed by atoms with Crippen LogP contribution < -0.4 is 0 Å². The quantitative estimate of drug-likeness (QED) is 0.219. The summed E-state index contributed by atoms with van der Waals surface area (Å²) in [6.45, 7) is 0. The van der Waals surface area contributed by atoms with E-state index in [1.807, 2.05) is 0 Å². The van der Waals surface area contributed by atoms with E-state index in [0.717, 1.165) is 0 Å². The van der Waals surface area contributed by atoms with Crippen molar-refractivity contribution in [3.05, 3.63) is 0 Å². The van der Waals surface area contributed by atoms with Gasteiger partial charge in [0.1, 0.15) is 0 Å². The van der Waals surface area contributed by atoms with Crippen LogP contribution in [-0.4, -0.2) is 208 Å². The van der Waals surface area contributed by atoms with Crippen LogP contribution >= 0.6 is 0 Å². The van der Waals surface area contributed by atoms with Gasteiger partial charge < -0.3 is 16.4 Å². The summed E-state index contributed by atoms with van der Waals surface area (Å²) in [4.78, 5) is 47.6. The maximum absolute atomic E-state index is 11.9. The normalized spacial score (nSPS) is 41.8. The summed E-state index contributed by atoms with van der Waals surface area (Å²) in [7, 11) is 0. The molecule has 5 rings (SSSR count). The third kappa shape index (κ3) is 4.53. The molecular formula is C8H10K2O15Sb2. The van der Waals surface area contributed by atoms with E-state index in [9.17, 15) is 19.2 Å². The van der Waals surface area contributed by atoms with E-state index < -0.39 is 89.3 Å². The Hall–Kier alpha value is 2.51. The largest absolute Gasteiger partial charge is 0 e. The van der Waals surface area contributed by atoms with Gasteiger partial charge in [0.2, 0.25) is 0 Å². The average Bonchev–Trinajstić information content (AvgIpc) is 3.09. The summed E-state index contributed by atoms with van der Waals surface area (Å²) in [6.07, 6.45) is -6.06. The molecule has 4 radical (unpaired) electrons. The van der Waals surface area contributed by atoms with Gasteiger partial charge in [-0.15, -0.1) is 0 Å². The second kappa shape index (κ2) is 9.97. The molecule has 5 aliphatic rings. The molecule has 0 aromatic heterocycles. The number of carbonyl (C=O) groups excluding carboxylic acids is 4. The molecule has 5 fully saturated rings. The smallest absolute Gasteiger partial charge is 0 e. The molecule has 0 amide bonds. The molecule has 6 N–H and O–H groups in total. The van der Waals surface area contributed by atoms with E-state index in [-0.39, 0.29) is 119 Å². The van der Waals surface area contributed by atoms with E-state index in [1.54, 1.807) is 0 Å². The van der Waals surface area contributed by atoms with Crippen LogP contribution in [0.15, 0.2) is 0 Å². The Morgan fingerprint density at radius 1 is 0.481 bits per heavy atom. The Morgan fingerprint density at radius 3 is 0.852 bits per heavy atom. The standard InChI is InChI=1S/2C4H4O6.2K.3H2O.2Sb/c2*5-1(3(7)8)2(6)4(9)10;;;;;;;/h2*1-2H,(H,7,8)(H,9,10);;;3*1H2;;/q2*-2;;;;;;2*+4/p-4. The van der Waals surface area contributed by atoms with Crippen LogP contribution in [0, 0.1) is 0 Å². The van der Waals surface area contributed by atoms with Crippen molar-refractivity contribution >= 4 is 168 Å². The first-order valence-corrected chi connectivity index (χ1v) is 14.2. The zero-order valence-corrected chi connectivity index (χ0v) is 25.0. The van der Waals surface area contributed by atoms with Crippen molar-refractivity contribution in [3.8, 4) is 0 Å². The molecule has 0 aromatic carbocycles. The number of fused-ring (bicyclic) bond motifs is 6. The van der Waals surface area contributed by atoms with Gasteiger partial charge in [-0.2, -0.15) is 0 Å². The van der Waals surface area contributed by atoms with Gasteiger partial charge in [0, 0.05) is 103 Å². The van der Waals surface area contributed by atoms with E-state index in [0.29, 0.717) is 0 Å². The van der Waals surface area contributed by atoms with Crippen molar-refractivity contribution in [2.75, 3.05) is 0 Å². The zero-order chi connectivity index (χ0) is 15.3. The molecule has 4 atom stereocenters. The molecule has 5 saturated heterocycles. The SMILES string of the molecule is O.O.O.O=C1[O][Sb]23[O]C(=O)C([O]2)C2[O][Sb]4([O]C(=O)C([O]4)C1[O]3)[O]C2=O.[K].[K]. The van der Waals surface area contributed by atoms with Crippen molar-refractivity contribution in [3.63, 3.8) is 0 Å². The van der Waals surface area contributed by atoms with Crippen molar-refractivity contribution in [1.82, 2.24) is 0 Å². The zero-order valence-electron chi connectivity index (χ0n) is 13.6. The summed E-state index contributed by atoms with van der Waals surface area (Å²) in [5.41, 5.74) is 0. The van der Waals surface area contributed by atoms with Gasteiger partial charge in [-0.1, -0.05) is 0 Å². The van der Waals surface area contributed by atoms with Crippen molar-refractivity contribution in [2.45, 2.75) is 24.4 Å². The topological polar surface area (TPSA) is 237 Å². The molecule has 5 heterocycles. The van der Waals surface area contributed by atoms with Crippen LogP contribution in [0.4, 0.5) is 0 Å². The monoisotopic (exact) mass is 666 g/mol. The Morgan fingerprint density at radius 2 is 0.667 bits per heavy atom. The van der Waals surface area contributed by atoms with E-state index in [1.165, 1.54) is 0 Å². The third-order valence-corrected chi connectivity index (χ3v) is 13.4.